The van der Waals surface area contributed by atoms with Crippen molar-refractivity contribution in [3.63, 3.8) is 0 Å². The fourth-order valence-corrected chi connectivity index (χ4v) is 2.83. The van der Waals surface area contributed by atoms with Crippen LogP contribution in [-0.2, 0) is 17.5 Å². The molecule has 0 amide bonds. The van der Waals surface area contributed by atoms with Crippen molar-refractivity contribution in [3.8, 4) is 6.07 Å². The Morgan fingerprint density at radius 1 is 1.42 bits per heavy atom. The average Bonchev–Trinajstić information content (AvgIpc) is 2.91. The van der Waals surface area contributed by atoms with Gasteiger partial charge in [-0.3, -0.25) is 0 Å². The minimum atomic E-state index is -4.42. The van der Waals surface area contributed by atoms with Gasteiger partial charge in [0.15, 0.2) is 11.7 Å². The van der Waals surface area contributed by atoms with Crippen molar-refractivity contribution in [1.82, 2.24) is 9.78 Å². The molecule has 138 valence electrons. The molecule has 0 aliphatic rings. The highest BCUT2D eigenvalue weighted by atomic mass is 32.2. The molecule has 0 aliphatic heterocycles. The number of thioether (sulfide) groups is 1. The Balaban J connectivity index is 2.48. The van der Waals surface area contributed by atoms with Gasteiger partial charge in [0.05, 0.1) is 18.7 Å². The molecule has 1 heterocycles. The first kappa shape index (κ1) is 19.8. The van der Waals surface area contributed by atoms with E-state index in [1.165, 1.54) is 22.5 Å². The van der Waals surface area contributed by atoms with E-state index >= 15 is 0 Å². The van der Waals surface area contributed by atoms with Crippen molar-refractivity contribution < 1.29 is 17.9 Å². The summed E-state index contributed by atoms with van der Waals surface area (Å²) in [6.45, 7) is 3.91. The second kappa shape index (κ2) is 8.27. The standard InChI is InChI=1S/C17H17F3N4OS/c1-4-25-11(2)22-15-14(9-21)16(26-3)23-24(15)10-12-6-5-7-13(8-12)17(18,19)20/h5-8H,4,10H2,1-3H3. The Kier molecular flexibility index (Phi) is 6.32. The summed E-state index contributed by atoms with van der Waals surface area (Å²) in [5.74, 6) is 0.613. The van der Waals surface area contributed by atoms with E-state index in [0.29, 0.717) is 23.1 Å². The van der Waals surface area contributed by atoms with E-state index in [1.807, 2.05) is 0 Å². The summed E-state index contributed by atoms with van der Waals surface area (Å²) in [6, 6.07) is 7.05. The van der Waals surface area contributed by atoms with Crippen molar-refractivity contribution in [2.45, 2.75) is 31.6 Å². The summed E-state index contributed by atoms with van der Waals surface area (Å²) in [4.78, 5) is 4.29. The first-order valence-electron chi connectivity index (χ1n) is 7.69. The van der Waals surface area contributed by atoms with Gasteiger partial charge in [-0.25, -0.2) is 4.68 Å². The number of aliphatic imine (C=N–C) groups is 1. The predicted octanol–water partition coefficient (Wildman–Crippen LogP) is 4.63. The Morgan fingerprint density at radius 3 is 2.73 bits per heavy atom. The molecule has 2 aromatic rings. The number of nitriles is 1. The molecule has 0 spiro atoms. The number of ether oxygens (including phenoxy) is 1. The van der Waals surface area contributed by atoms with Gasteiger partial charge in [0, 0.05) is 6.92 Å². The molecule has 0 unspecified atom stereocenters. The number of alkyl halides is 3. The first-order chi connectivity index (χ1) is 12.3. The Labute approximate surface area is 153 Å². The van der Waals surface area contributed by atoms with Crippen LogP contribution < -0.4 is 0 Å². The number of hydrogen-bond donors (Lipinski definition) is 0. The summed E-state index contributed by atoms with van der Waals surface area (Å²) >= 11 is 1.27. The number of aromatic nitrogens is 2. The number of benzene rings is 1. The molecular formula is C17H17F3N4OS. The van der Waals surface area contributed by atoms with Crippen LogP contribution in [0.25, 0.3) is 0 Å². The molecule has 2 rings (SSSR count). The fourth-order valence-electron chi connectivity index (χ4n) is 2.31. The summed E-state index contributed by atoms with van der Waals surface area (Å²) in [5.41, 5.74) is -0.0585. The van der Waals surface area contributed by atoms with Crippen LogP contribution in [0.5, 0.6) is 0 Å². The smallest absolute Gasteiger partial charge is 0.416 e. The highest BCUT2D eigenvalue weighted by molar-refractivity contribution is 7.98. The highest BCUT2D eigenvalue weighted by Gasteiger charge is 2.30. The summed E-state index contributed by atoms with van der Waals surface area (Å²) < 4.78 is 45.5. The van der Waals surface area contributed by atoms with Gasteiger partial charge in [-0.05, 0) is 30.9 Å². The van der Waals surface area contributed by atoms with E-state index in [4.69, 9.17) is 4.74 Å². The van der Waals surface area contributed by atoms with Crippen LogP contribution in [0.3, 0.4) is 0 Å². The van der Waals surface area contributed by atoms with Gasteiger partial charge in [0.1, 0.15) is 16.7 Å². The largest absolute Gasteiger partial charge is 0.481 e. The maximum absolute atomic E-state index is 12.9. The van der Waals surface area contributed by atoms with Gasteiger partial charge in [-0.2, -0.15) is 28.5 Å². The molecule has 0 saturated heterocycles. The third-order valence-corrected chi connectivity index (χ3v) is 4.07. The van der Waals surface area contributed by atoms with Gasteiger partial charge in [-0.1, -0.05) is 12.1 Å². The molecule has 5 nitrogen and oxygen atoms in total. The second-order valence-corrected chi connectivity index (χ2v) is 6.03. The molecule has 0 radical (unpaired) electrons. The maximum atomic E-state index is 12.9. The van der Waals surface area contributed by atoms with Crippen LogP contribution in [0.2, 0.25) is 0 Å². The SMILES string of the molecule is CCOC(C)=Nc1c(C#N)c(SC)nn1Cc1cccc(C(F)(F)F)c1. The fraction of sp³-hybridized carbons (Fsp3) is 0.353. The van der Waals surface area contributed by atoms with E-state index in [2.05, 4.69) is 16.2 Å². The minimum absolute atomic E-state index is 0.0530. The zero-order chi connectivity index (χ0) is 19.3. The molecule has 1 aromatic heterocycles. The van der Waals surface area contributed by atoms with Gasteiger partial charge in [-0.15, -0.1) is 11.8 Å². The summed E-state index contributed by atoms with van der Waals surface area (Å²) in [5, 5.41) is 14.2. The van der Waals surface area contributed by atoms with Gasteiger partial charge < -0.3 is 4.74 Å². The van der Waals surface area contributed by atoms with Crippen molar-refractivity contribution in [2.24, 2.45) is 4.99 Å². The van der Waals surface area contributed by atoms with Crippen molar-refractivity contribution >= 4 is 23.5 Å². The lowest BCUT2D eigenvalue weighted by atomic mass is 10.1. The van der Waals surface area contributed by atoms with Crippen LogP contribution in [0.4, 0.5) is 19.0 Å². The van der Waals surface area contributed by atoms with E-state index in [9.17, 15) is 18.4 Å². The lowest BCUT2D eigenvalue weighted by molar-refractivity contribution is -0.137. The lowest BCUT2D eigenvalue weighted by Gasteiger charge is -2.10. The quantitative estimate of drug-likeness (QED) is 0.430. The second-order valence-electron chi connectivity index (χ2n) is 5.24. The Hall–Kier alpha value is -2.47. The number of nitrogens with zero attached hydrogens (tertiary/aromatic N) is 4. The molecule has 0 bridgehead atoms. The normalized spacial score (nSPS) is 12.1. The predicted molar refractivity (Wildman–Crippen MR) is 93.7 cm³/mol. The third kappa shape index (κ3) is 4.58. The van der Waals surface area contributed by atoms with E-state index in [1.54, 1.807) is 26.2 Å². The third-order valence-electron chi connectivity index (χ3n) is 3.40. The molecule has 0 aliphatic carbocycles. The van der Waals surface area contributed by atoms with Gasteiger partial charge >= 0.3 is 6.18 Å². The zero-order valence-electron chi connectivity index (χ0n) is 14.5. The number of hydrogen-bond acceptors (Lipinski definition) is 5. The van der Waals surface area contributed by atoms with Crippen molar-refractivity contribution in [2.75, 3.05) is 12.9 Å². The van der Waals surface area contributed by atoms with Crippen LogP contribution in [0.1, 0.15) is 30.5 Å². The molecule has 0 atom stereocenters. The van der Waals surface area contributed by atoms with Crippen LogP contribution in [0, 0.1) is 11.3 Å². The monoisotopic (exact) mass is 382 g/mol. The molecular weight excluding hydrogens is 365 g/mol. The zero-order valence-corrected chi connectivity index (χ0v) is 15.3. The molecule has 0 saturated carbocycles. The maximum Gasteiger partial charge on any atom is 0.416 e. The molecule has 1 aromatic carbocycles. The van der Waals surface area contributed by atoms with Crippen LogP contribution >= 0.6 is 11.8 Å². The van der Waals surface area contributed by atoms with Gasteiger partial charge in [0.2, 0.25) is 0 Å². The Morgan fingerprint density at radius 2 is 2.15 bits per heavy atom. The minimum Gasteiger partial charge on any atom is -0.481 e. The summed E-state index contributed by atoms with van der Waals surface area (Å²) in [7, 11) is 0. The molecule has 0 N–H and O–H groups in total. The van der Waals surface area contributed by atoms with E-state index in [0.717, 1.165) is 12.1 Å². The van der Waals surface area contributed by atoms with Crippen LogP contribution in [0.15, 0.2) is 34.3 Å². The lowest BCUT2D eigenvalue weighted by Crippen LogP contribution is -2.08. The summed E-state index contributed by atoms with van der Waals surface area (Å²) in [6.07, 6.45) is -2.66. The number of rotatable bonds is 5. The topological polar surface area (TPSA) is 63.2 Å². The van der Waals surface area contributed by atoms with E-state index in [-0.39, 0.29) is 17.9 Å². The van der Waals surface area contributed by atoms with E-state index < -0.39 is 11.7 Å². The molecule has 9 heteroatoms. The van der Waals surface area contributed by atoms with Crippen molar-refractivity contribution in [3.05, 3.63) is 41.0 Å². The Bertz CT molecular complexity index is 853. The average molecular weight is 382 g/mol. The number of halogens is 3. The van der Waals surface area contributed by atoms with Crippen molar-refractivity contribution in [1.29, 1.82) is 5.26 Å². The van der Waals surface area contributed by atoms with Crippen LogP contribution in [-0.4, -0.2) is 28.5 Å². The molecule has 0 fully saturated rings. The highest BCUT2D eigenvalue weighted by Crippen LogP contribution is 2.32. The first-order valence-corrected chi connectivity index (χ1v) is 8.91. The van der Waals surface area contributed by atoms with Gasteiger partial charge in [0.25, 0.3) is 0 Å². The molecule has 26 heavy (non-hydrogen) atoms.